The van der Waals surface area contributed by atoms with Gasteiger partial charge < -0.3 is 15.0 Å². The number of hydrogen-bond acceptors (Lipinski definition) is 3. The highest BCUT2D eigenvalue weighted by Gasteiger charge is 2.26. The molecule has 0 spiro atoms. The molecule has 0 aromatic heterocycles. The minimum absolute atomic E-state index is 0.0195. The zero-order chi connectivity index (χ0) is 16.7. The Balaban J connectivity index is 2.72. The van der Waals surface area contributed by atoms with Crippen LogP contribution in [0.3, 0.4) is 0 Å². The fourth-order valence-electron chi connectivity index (χ4n) is 2.38. The molecule has 0 aliphatic rings. The molecule has 5 heteroatoms. The Bertz CT molecular complexity index is 504. The summed E-state index contributed by atoms with van der Waals surface area (Å²) in [5.74, 6) is -0.366. The normalized spacial score (nSPS) is 10.7. The van der Waals surface area contributed by atoms with E-state index in [1.165, 1.54) is 0 Å². The predicted molar refractivity (Wildman–Crippen MR) is 86.6 cm³/mol. The van der Waals surface area contributed by atoms with Gasteiger partial charge in [-0.3, -0.25) is 9.59 Å². The molecule has 0 saturated carbocycles. The van der Waals surface area contributed by atoms with Crippen molar-refractivity contribution in [1.29, 1.82) is 0 Å². The van der Waals surface area contributed by atoms with Crippen LogP contribution in [0.25, 0.3) is 0 Å². The standard InChI is InChI=1S/C17H26N2O3/c1-6-22-15-10-8-7-9-14(15)11-18-16(20)17(21)19(12(2)3)13(4)5/h7-10,12-13H,6,11H2,1-5H3,(H,18,20). The van der Waals surface area contributed by atoms with Gasteiger partial charge in [-0.25, -0.2) is 0 Å². The van der Waals surface area contributed by atoms with Crippen molar-refractivity contribution in [3.05, 3.63) is 29.8 Å². The number of carbonyl (C=O) groups is 2. The molecule has 0 bridgehead atoms. The van der Waals surface area contributed by atoms with Gasteiger partial charge in [0.25, 0.3) is 0 Å². The largest absolute Gasteiger partial charge is 0.494 e. The van der Waals surface area contributed by atoms with Crippen molar-refractivity contribution in [2.45, 2.75) is 53.2 Å². The first kappa shape index (κ1) is 18.0. The summed E-state index contributed by atoms with van der Waals surface area (Å²) in [6.07, 6.45) is 0. The number of carbonyl (C=O) groups excluding carboxylic acids is 2. The van der Waals surface area contributed by atoms with Crippen molar-refractivity contribution in [2.75, 3.05) is 6.61 Å². The van der Waals surface area contributed by atoms with Crippen molar-refractivity contribution < 1.29 is 14.3 Å². The summed E-state index contributed by atoms with van der Waals surface area (Å²) in [4.78, 5) is 25.9. The first-order valence-corrected chi connectivity index (χ1v) is 7.69. The van der Waals surface area contributed by atoms with Crippen molar-refractivity contribution in [3.63, 3.8) is 0 Å². The van der Waals surface area contributed by atoms with Crippen LogP contribution in [0.2, 0.25) is 0 Å². The van der Waals surface area contributed by atoms with Crippen LogP contribution in [0.4, 0.5) is 0 Å². The third-order valence-electron chi connectivity index (χ3n) is 3.25. The second-order valence-corrected chi connectivity index (χ2v) is 5.62. The molecule has 0 fully saturated rings. The van der Waals surface area contributed by atoms with Gasteiger partial charge in [-0.1, -0.05) is 18.2 Å². The number of nitrogens with zero attached hydrogens (tertiary/aromatic N) is 1. The van der Waals surface area contributed by atoms with Gasteiger partial charge in [0.05, 0.1) is 6.61 Å². The van der Waals surface area contributed by atoms with Crippen molar-refractivity contribution >= 4 is 11.8 Å². The molecule has 1 aromatic rings. The van der Waals surface area contributed by atoms with Crippen LogP contribution >= 0.6 is 0 Å². The quantitative estimate of drug-likeness (QED) is 0.821. The summed E-state index contributed by atoms with van der Waals surface area (Å²) in [7, 11) is 0. The first-order chi connectivity index (χ1) is 10.4. The van der Waals surface area contributed by atoms with Gasteiger partial charge in [-0.2, -0.15) is 0 Å². The Morgan fingerprint density at radius 1 is 1.14 bits per heavy atom. The molecule has 0 aliphatic heterocycles. The second kappa shape index (κ2) is 8.41. The lowest BCUT2D eigenvalue weighted by molar-refractivity contribution is -0.148. The number of hydrogen-bond donors (Lipinski definition) is 1. The first-order valence-electron chi connectivity index (χ1n) is 7.69. The minimum Gasteiger partial charge on any atom is -0.494 e. The summed E-state index contributed by atoms with van der Waals surface area (Å²) in [6, 6.07) is 7.43. The van der Waals surface area contributed by atoms with Crippen LogP contribution in [0.1, 0.15) is 40.2 Å². The molecule has 0 atom stereocenters. The Morgan fingerprint density at radius 3 is 2.27 bits per heavy atom. The van der Waals surface area contributed by atoms with E-state index >= 15 is 0 Å². The molecule has 1 rings (SSSR count). The van der Waals surface area contributed by atoms with Crippen LogP contribution in [0, 0.1) is 0 Å². The second-order valence-electron chi connectivity index (χ2n) is 5.62. The molecule has 2 amide bonds. The lowest BCUT2D eigenvalue weighted by atomic mass is 10.2. The fraction of sp³-hybridized carbons (Fsp3) is 0.529. The molecule has 0 unspecified atom stereocenters. The van der Waals surface area contributed by atoms with Gasteiger partial charge >= 0.3 is 11.8 Å². The third-order valence-corrected chi connectivity index (χ3v) is 3.25. The highest BCUT2D eigenvalue weighted by atomic mass is 16.5. The van der Waals surface area contributed by atoms with E-state index in [-0.39, 0.29) is 18.6 Å². The number of benzene rings is 1. The lowest BCUT2D eigenvalue weighted by Gasteiger charge is -2.30. The molecule has 0 saturated heterocycles. The molecular weight excluding hydrogens is 280 g/mol. The number of rotatable bonds is 6. The van der Waals surface area contributed by atoms with Gasteiger partial charge in [0, 0.05) is 24.2 Å². The Hall–Kier alpha value is -2.04. The predicted octanol–water partition coefficient (Wildman–Crippen LogP) is 2.35. The van der Waals surface area contributed by atoms with E-state index in [4.69, 9.17) is 4.74 Å². The topological polar surface area (TPSA) is 58.6 Å². The van der Waals surface area contributed by atoms with E-state index in [0.29, 0.717) is 6.61 Å². The maximum absolute atomic E-state index is 12.2. The number of nitrogens with one attached hydrogen (secondary N) is 1. The summed E-state index contributed by atoms with van der Waals surface area (Å²) < 4.78 is 5.51. The van der Waals surface area contributed by atoms with Gasteiger partial charge in [0.2, 0.25) is 0 Å². The van der Waals surface area contributed by atoms with Crippen LogP contribution in [0.15, 0.2) is 24.3 Å². The molecule has 0 heterocycles. The lowest BCUT2D eigenvalue weighted by Crippen LogP contribution is -2.49. The summed E-state index contributed by atoms with van der Waals surface area (Å²) in [5, 5.41) is 2.68. The average molecular weight is 306 g/mol. The van der Waals surface area contributed by atoms with Crippen LogP contribution < -0.4 is 10.1 Å². The molecule has 0 radical (unpaired) electrons. The monoisotopic (exact) mass is 306 g/mol. The Morgan fingerprint density at radius 2 is 1.73 bits per heavy atom. The minimum atomic E-state index is -0.589. The van der Waals surface area contributed by atoms with E-state index in [9.17, 15) is 9.59 Å². The average Bonchev–Trinajstić information content (AvgIpc) is 2.45. The maximum atomic E-state index is 12.2. The van der Waals surface area contributed by atoms with E-state index < -0.39 is 11.8 Å². The number of amides is 2. The molecule has 22 heavy (non-hydrogen) atoms. The molecule has 122 valence electrons. The SMILES string of the molecule is CCOc1ccccc1CNC(=O)C(=O)N(C(C)C)C(C)C. The molecular formula is C17H26N2O3. The van der Waals surface area contributed by atoms with E-state index in [2.05, 4.69) is 5.32 Å². The highest BCUT2D eigenvalue weighted by Crippen LogP contribution is 2.17. The smallest absolute Gasteiger partial charge is 0.312 e. The molecule has 1 aromatic carbocycles. The van der Waals surface area contributed by atoms with E-state index in [1.54, 1.807) is 4.90 Å². The molecule has 0 aliphatic carbocycles. The number of ether oxygens (including phenoxy) is 1. The highest BCUT2D eigenvalue weighted by molar-refractivity contribution is 6.35. The van der Waals surface area contributed by atoms with Crippen LogP contribution in [-0.4, -0.2) is 35.4 Å². The van der Waals surface area contributed by atoms with Gasteiger partial charge in [-0.05, 0) is 40.7 Å². The van der Waals surface area contributed by atoms with Crippen molar-refractivity contribution in [3.8, 4) is 5.75 Å². The third kappa shape index (κ3) is 4.76. The van der Waals surface area contributed by atoms with E-state index in [0.717, 1.165) is 11.3 Å². The van der Waals surface area contributed by atoms with Crippen molar-refractivity contribution in [2.24, 2.45) is 0 Å². The maximum Gasteiger partial charge on any atom is 0.312 e. The van der Waals surface area contributed by atoms with Crippen LogP contribution in [0.5, 0.6) is 5.75 Å². The van der Waals surface area contributed by atoms with E-state index in [1.807, 2.05) is 58.9 Å². The molecule has 1 N–H and O–H groups in total. The summed E-state index contributed by atoms with van der Waals surface area (Å²) in [6.45, 7) is 10.3. The number of para-hydroxylation sites is 1. The van der Waals surface area contributed by atoms with Gasteiger partial charge in [0.1, 0.15) is 5.75 Å². The van der Waals surface area contributed by atoms with Crippen LogP contribution in [-0.2, 0) is 16.1 Å². The fourth-order valence-corrected chi connectivity index (χ4v) is 2.38. The Labute approximate surface area is 132 Å². The zero-order valence-corrected chi connectivity index (χ0v) is 14.1. The molecule has 5 nitrogen and oxygen atoms in total. The summed E-state index contributed by atoms with van der Waals surface area (Å²) in [5.41, 5.74) is 0.853. The van der Waals surface area contributed by atoms with Gasteiger partial charge in [-0.15, -0.1) is 0 Å². The Kier molecular flexibility index (Phi) is 6.89. The van der Waals surface area contributed by atoms with Gasteiger partial charge in [0.15, 0.2) is 0 Å². The summed E-state index contributed by atoms with van der Waals surface area (Å²) >= 11 is 0. The van der Waals surface area contributed by atoms with Crippen molar-refractivity contribution in [1.82, 2.24) is 10.2 Å². The zero-order valence-electron chi connectivity index (χ0n) is 14.1.